The lowest BCUT2D eigenvalue weighted by Crippen LogP contribution is -2.42. The lowest BCUT2D eigenvalue weighted by atomic mass is 10.1. The number of nitrogens with one attached hydrogen (secondary N) is 1. The molecule has 1 saturated heterocycles. The number of ether oxygens (including phenoxy) is 1. The molecule has 1 atom stereocenters. The minimum Gasteiger partial charge on any atom is -0.371 e. The molecule has 0 bridgehead atoms. The van der Waals surface area contributed by atoms with Crippen LogP contribution in [-0.4, -0.2) is 46.1 Å². The van der Waals surface area contributed by atoms with E-state index >= 15 is 0 Å². The summed E-state index contributed by atoms with van der Waals surface area (Å²) in [6.45, 7) is 9.06. The highest BCUT2D eigenvalue weighted by Gasteiger charge is 2.23. The summed E-state index contributed by atoms with van der Waals surface area (Å²) in [4.78, 5) is 2.62. The smallest absolute Gasteiger partial charge is 0.240 e. The molecule has 1 aliphatic heterocycles. The van der Waals surface area contributed by atoms with E-state index in [0.29, 0.717) is 24.6 Å². The molecule has 1 heterocycles. The van der Waals surface area contributed by atoms with Crippen LogP contribution in [0.2, 0.25) is 0 Å². The van der Waals surface area contributed by atoms with Gasteiger partial charge in [0.1, 0.15) is 0 Å². The average Bonchev–Trinajstić information content (AvgIpc) is 2.65. The average molecular weight is 389 g/mol. The second-order valence-corrected chi connectivity index (χ2v) is 8.91. The van der Waals surface area contributed by atoms with Crippen molar-refractivity contribution in [1.82, 2.24) is 9.62 Å². The number of aryl methyl sites for hydroxylation is 3. The SMILES string of the molecule is Cc1cc(C)c(S(=O)(=O)NCCN2CCO[C@@H](c3ccccc3)C2)cc1C. The lowest BCUT2D eigenvalue weighted by molar-refractivity contribution is -0.0291. The van der Waals surface area contributed by atoms with Gasteiger partial charge in [-0.15, -0.1) is 0 Å². The van der Waals surface area contributed by atoms with Crippen molar-refractivity contribution in [2.75, 3.05) is 32.8 Å². The number of rotatable bonds is 6. The van der Waals surface area contributed by atoms with Crippen molar-refractivity contribution in [2.24, 2.45) is 0 Å². The van der Waals surface area contributed by atoms with Gasteiger partial charge in [0.25, 0.3) is 0 Å². The molecule has 1 aliphatic rings. The number of morpholine rings is 1. The zero-order valence-corrected chi connectivity index (χ0v) is 17.1. The van der Waals surface area contributed by atoms with Gasteiger partial charge in [-0.1, -0.05) is 36.4 Å². The molecule has 1 N–H and O–H groups in total. The molecule has 0 saturated carbocycles. The van der Waals surface area contributed by atoms with Crippen LogP contribution in [0.1, 0.15) is 28.4 Å². The van der Waals surface area contributed by atoms with E-state index in [1.807, 2.05) is 45.0 Å². The molecule has 27 heavy (non-hydrogen) atoms. The van der Waals surface area contributed by atoms with E-state index in [1.165, 1.54) is 0 Å². The van der Waals surface area contributed by atoms with Gasteiger partial charge in [-0.25, -0.2) is 13.1 Å². The summed E-state index contributed by atoms with van der Waals surface area (Å²) in [6.07, 6.45) is 0.0403. The minimum atomic E-state index is -3.50. The number of nitrogens with zero attached hydrogens (tertiary/aromatic N) is 1. The lowest BCUT2D eigenvalue weighted by Gasteiger charge is -2.33. The number of benzene rings is 2. The molecular formula is C21H28N2O3S. The topological polar surface area (TPSA) is 58.6 Å². The predicted octanol–water partition coefficient (Wildman–Crippen LogP) is 2.96. The fourth-order valence-corrected chi connectivity index (χ4v) is 4.74. The maximum Gasteiger partial charge on any atom is 0.240 e. The van der Waals surface area contributed by atoms with Crippen LogP contribution in [0, 0.1) is 20.8 Å². The first-order valence-corrected chi connectivity index (χ1v) is 10.8. The van der Waals surface area contributed by atoms with Gasteiger partial charge < -0.3 is 4.74 Å². The molecule has 5 nitrogen and oxygen atoms in total. The Bertz CT molecular complexity index is 882. The monoisotopic (exact) mass is 388 g/mol. The van der Waals surface area contributed by atoms with E-state index in [-0.39, 0.29) is 6.10 Å². The first-order valence-electron chi connectivity index (χ1n) is 9.33. The van der Waals surface area contributed by atoms with Crippen molar-refractivity contribution < 1.29 is 13.2 Å². The van der Waals surface area contributed by atoms with Crippen molar-refractivity contribution in [1.29, 1.82) is 0 Å². The van der Waals surface area contributed by atoms with Crippen molar-refractivity contribution >= 4 is 10.0 Å². The van der Waals surface area contributed by atoms with Gasteiger partial charge in [0, 0.05) is 26.2 Å². The van der Waals surface area contributed by atoms with Crippen LogP contribution < -0.4 is 4.72 Å². The summed E-state index contributed by atoms with van der Waals surface area (Å²) in [5, 5.41) is 0. The van der Waals surface area contributed by atoms with Crippen LogP contribution in [0.25, 0.3) is 0 Å². The highest BCUT2D eigenvalue weighted by Crippen LogP contribution is 2.22. The summed E-state index contributed by atoms with van der Waals surface area (Å²) < 4.78 is 34.0. The molecule has 2 aromatic rings. The van der Waals surface area contributed by atoms with E-state index in [4.69, 9.17) is 4.74 Å². The quantitative estimate of drug-likeness (QED) is 0.827. The van der Waals surface area contributed by atoms with Crippen LogP contribution in [0.3, 0.4) is 0 Å². The van der Waals surface area contributed by atoms with Crippen LogP contribution in [0.4, 0.5) is 0 Å². The number of hydrogen-bond acceptors (Lipinski definition) is 4. The van der Waals surface area contributed by atoms with Crippen molar-refractivity contribution in [3.05, 3.63) is 64.7 Å². The van der Waals surface area contributed by atoms with E-state index in [9.17, 15) is 8.42 Å². The molecule has 3 rings (SSSR count). The Morgan fingerprint density at radius 2 is 1.78 bits per heavy atom. The summed E-state index contributed by atoms with van der Waals surface area (Å²) in [5.41, 5.74) is 4.03. The second-order valence-electron chi connectivity index (χ2n) is 7.17. The summed E-state index contributed by atoms with van der Waals surface area (Å²) >= 11 is 0. The van der Waals surface area contributed by atoms with Crippen LogP contribution in [-0.2, 0) is 14.8 Å². The molecule has 1 fully saturated rings. The molecule has 0 unspecified atom stereocenters. The van der Waals surface area contributed by atoms with Gasteiger partial charge in [-0.3, -0.25) is 4.90 Å². The Morgan fingerprint density at radius 1 is 1.07 bits per heavy atom. The first-order chi connectivity index (χ1) is 12.9. The zero-order chi connectivity index (χ0) is 19.4. The second kappa shape index (κ2) is 8.52. The van der Waals surface area contributed by atoms with Crippen molar-refractivity contribution in [2.45, 2.75) is 31.8 Å². The Balaban J connectivity index is 1.58. The fourth-order valence-electron chi connectivity index (χ4n) is 3.41. The van der Waals surface area contributed by atoms with Gasteiger partial charge in [-0.05, 0) is 49.1 Å². The predicted molar refractivity (Wildman–Crippen MR) is 107 cm³/mol. The van der Waals surface area contributed by atoms with Gasteiger partial charge >= 0.3 is 0 Å². The summed E-state index contributed by atoms with van der Waals surface area (Å²) in [7, 11) is -3.50. The van der Waals surface area contributed by atoms with Gasteiger partial charge in [0.05, 0.1) is 17.6 Å². The van der Waals surface area contributed by atoms with Gasteiger partial charge in [-0.2, -0.15) is 0 Å². The Hall–Kier alpha value is -1.73. The summed E-state index contributed by atoms with van der Waals surface area (Å²) in [5.74, 6) is 0. The largest absolute Gasteiger partial charge is 0.371 e. The maximum atomic E-state index is 12.7. The molecular weight excluding hydrogens is 360 g/mol. The molecule has 0 aromatic heterocycles. The number of hydrogen-bond donors (Lipinski definition) is 1. The van der Waals surface area contributed by atoms with Crippen molar-refractivity contribution in [3.63, 3.8) is 0 Å². The molecule has 0 aliphatic carbocycles. The van der Waals surface area contributed by atoms with Crippen LogP contribution in [0.5, 0.6) is 0 Å². The highest BCUT2D eigenvalue weighted by molar-refractivity contribution is 7.89. The fraction of sp³-hybridized carbons (Fsp3) is 0.429. The summed E-state index contributed by atoms with van der Waals surface area (Å²) in [6, 6.07) is 13.8. The van der Waals surface area contributed by atoms with E-state index in [1.54, 1.807) is 6.07 Å². The molecule has 2 aromatic carbocycles. The Kier molecular flexibility index (Phi) is 6.32. The Morgan fingerprint density at radius 3 is 2.52 bits per heavy atom. The molecule has 0 amide bonds. The third kappa shape index (κ3) is 4.96. The van der Waals surface area contributed by atoms with Gasteiger partial charge in [0.2, 0.25) is 10.0 Å². The Labute approximate surface area is 162 Å². The van der Waals surface area contributed by atoms with Crippen molar-refractivity contribution in [3.8, 4) is 0 Å². The first kappa shape index (κ1) is 20.0. The third-order valence-corrected chi connectivity index (χ3v) is 6.73. The zero-order valence-electron chi connectivity index (χ0n) is 16.2. The standard InChI is InChI=1S/C21H28N2O3S/c1-16-13-18(3)21(14-17(16)2)27(24,25)22-9-10-23-11-12-26-20(15-23)19-7-5-4-6-8-19/h4-8,13-14,20,22H,9-12,15H2,1-3H3/t20-/m1/s1. The third-order valence-electron chi connectivity index (χ3n) is 5.12. The van der Waals surface area contributed by atoms with Crippen LogP contribution >= 0.6 is 0 Å². The van der Waals surface area contributed by atoms with E-state index in [0.717, 1.165) is 35.3 Å². The molecule has 0 radical (unpaired) electrons. The highest BCUT2D eigenvalue weighted by atomic mass is 32.2. The molecule has 6 heteroatoms. The van der Waals surface area contributed by atoms with Gasteiger partial charge in [0.15, 0.2) is 0 Å². The number of sulfonamides is 1. The maximum absolute atomic E-state index is 12.7. The van der Waals surface area contributed by atoms with E-state index < -0.39 is 10.0 Å². The molecule has 0 spiro atoms. The van der Waals surface area contributed by atoms with Crippen LogP contribution in [0.15, 0.2) is 47.4 Å². The normalized spacial score (nSPS) is 18.6. The molecule has 146 valence electrons. The minimum absolute atomic E-state index is 0.0403. The van der Waals surface area contributed by atoms with E-state index in [2.05, 4.69) is 21.8 Å².